The first kappa shape index (κ1) is 20.2. The maximum absolute atomic E-state index is 10.8. The topological polar surface area (TPSA) is 66.9 Å². The van der Waals surface area contributed by atoms with E-state index in [2.05, 4.69) is 6.07 Å². The first-order chi connectivity index (χ1) is 13.1. The van der Waals surface area contributed by atoms with Gasteiger partial charge < -0.3 is 0 Å². The molecule has 0 aliphatic carbocycles. The average molecular weight is 376 g/mol. The summed E-state index contributed by atoms with van der Waals surface area (Å²) in [6.07, 6.45) is 5.96. The lowest BCUT2D eigenvalue weighted by Gasteiger charge is -2.18. The molecular formula is C22H20N2O2S. The van der Waals surface area contributed by atoms with Crippen molar-refractivity contribution in [3.63, 3.8) is 0 Å². The summed E-state index contributed by atoms with van der Waals surface area (Å²) in [6, 6.07) is 16.3. The van der Waals surface area contributed by atoms with Crippen LogP contribution in [0.15, 0.2) is 76.6 Å². The Hall–Kier alpha value is -3.10. The molecule has 0 aromatic heterocycles. The van der Waals surface area contributed by atoms with Crippen LogP contribution in [0, 0.1) is 21.4 Å². The van der Waals surface area contributed by atoms with E-state index in [0.717, 1.165) is 20.9 Å². The first-order valence-corrected chi connectivity index (χ1v) is 9.46. The van der Waals surface area contributed by atoms with Crippen molar-refractivity contribution in [1.82, 2.24) is 0 Å². The van der Waals surface area contributed by atoms with Gasteiger partial charge in [-0.2, -0.15) is 5.26 Å². The largest absolute Gasteiger partial charge is 0.269 e. The molecule has 2 aromatic rings. The zero-order valence-electron chi connectivity index (χ0n) is 15.5. The average Bonchev–Trinajstić information content (AvgIpc) is 2.71. The van der Waals surface area contributed by atoms with Gasteiger partial charge in [0.15, 0.2) is 0 Å². The molecule has 1 heterocycles. The van der Waals surface area contributed by atoms with Gasteiger partial charge >= 0.3 is 0 Å². The number of thioether (sulfide) groups is 1. The molecule has 0 radical (unpaired) electrons. The Balaban J connectivity index is 0.00000126. The number of allylic oxidation sites excluding steroid dienone is 5. The van der Waals surface area contributed by atoms with Gasteiger partial charge in [0.05, 0.1) is 10.5 Å². The predicted molar refractivity (Wildman–Crippen MR) is 112 cm³/mol. The van der Waals surface area contributed by atoms with Crippen molar-refractivity contribution >= 4 is 28.6 Å². The second-order valence-electron chi connectivity index (χ2n) is 5.35. The van der Waals surface area contributed by atoms with Crippen LogP contribution in [0.25, 0.3) is 11.1 Å². The van der Waals surface area contributed by atoms with Crippen LogP contribution in [0.5, 0.6) is 0 Å². The fourth-order valence-electron chi connectivity index (χ4n) is 2.64. The zero-order valence-corrected chi connectivity index (χ0v) is 16.3. The van der Waals surface area contributed by atoms with Crippen LogP contribution in [-0.4, -0.2) is 4.92 Å². The zero-order chi connectivity index (χ0) is 19.8. The molecule has 0 spiro atoms. The van der Waals surface area contributed by atoms with Crippen LogP contribution in [0.1, 0.15) is 31.9 Å². The number of fused-ring (bicyclic) bond motifs is 1. The maximum atomic E-state index is 10.8. The standard InChI is InChI=1S/C20H14N2O2S.C2H6/c1-2-5-16-12-18(17-6-3-4-7-20(17)25-16)19(13-21)14-8-10-15(11-9-14)22(23)24;1-2/h2-12H,1H3;1-2H3/b5-2+,19-18+;. The summed E-state index contributed by atoms with van der Waals surface area (Å²) in [5, 5.41) is 20.6. The number of nitro groups is 1. The van der Waals surface area contributed by atoms with E-state index >= 15 is 0 Å². The Morgan fingerprint density at radius 1 is 1.15 bits per heavy atom. The van der Waals surface area contributed by atoms with Crippen molar-refractivity contribution in [3.05, 3.63) is 92.9 Å². The molecule has 0 bridgehead atoms. The number of non-ortho nitro benzene ring substituents is 1. The van der Waals surface area contributed by atoms with Gasteiger partial charge in [0.2, 0.25) is 0 Å². The van der Waals surface area contributed by atoms with E-state index in [4.69, 9.17) is 0 Å². The van der Waals surface area contributed by atoms with Gasteiger partial charge in [-0.3, -0.25) is 10.1 Å². The Bertz CT molecular complexity index is 965. The molecule has 0 saturated heterocycles. The first-order valence-electron chi connectivity index (χ1n) is 8.65. The van der Waals surface area contributed by atoms with Gasteiger partial charge in [0.1, 0.15) is 6.07 Å². The summed E-state index contributed by atoms with van der Waals surface area (Å²) in [5.41, 5.74) is 3.01. The Morgan fingerprint density at radius 3 is 2.41 bits per heavy atom. The molecule has 4 nitrogen and oxygen atoms in total. The maximum Gasteiger partial charge on any atom is 0.269 e. The third-order valence-electron chi connectivity index (χ3n) is 3.77. The quantitative estimate of drug-likeness (QED) is 0.343. The van der Waals surface area contributed by atoms with Crippen molar-refractivity contribution in [2.45, 2.75) is 25.7 Å². The van der Waals surface area contributed by atoms with Crippen molar-refractivity contribution in [1.29, 1.82) is 5.26 Å². The molecule has 3 rings (SSSR count). The minimum absolute atomic E-state index is 0.00999. The summed E-state index contributed by atoms with van der Waals surface area (Å²) in [6.45, 7) is 5.95. The minimum atomic E-state index is -0.445. The number of nitro benzene ring substituents is 1. The van der Waals surface area contributed by atoms with Crippen molar-refractivity contribution < 1.29 is 4.92 Å². The van der Waals surface area contributed by atoms with Gasteiger partial charge in [-0.15, -0.1) is 0 Å². The molecule has 0 saturated carbocycles. The second kappa shape index (κ2) is 9.56. The Kier molecular flexibility index (Phi) is 7.16. The molecule has 27 heavy (non-hydrogen) atoms. The van der Waals surface area contributed by atoms with Crippen molar-refractivity contribution in [2.75, 3.05) is 0 Å². The van der Waals surface area contributed by atoms with Gasteiger partial charge in [0.25, 0.3) is 5.69 Å². The lowest BCUT2D eigenvalue weighted by molar-refractivity contribution is -0.384. The summed E-state index contributed by atoms with van der Waals surface area (Å²) in [4.78, 5) is 12.5. The van der Waals surface area contributed by atoms with E-state index in [1.165, 1.54) is 12.1 Å². The van der Waals surface area contributed by atoms with Gasteiger partial charge in [0, 0.05) is 27.5 Å². The van der Waals surface area contributed by atoms with E-state index in [9.17, 15) is 15.4 Å². The van der Waals surface area contributed by atoms with Gasteiger partial charge in [-0.25, -0.2) is 0 Å². The number of benzene rings is 2. The Morgan fingerprint density at radius 2 is 1.81 bits per heavy atom. The molecule has 0 amide bonds. The molecule has 0 atom stereocenters. The lowest BCUT2D eigenvalue weighted by atomic mass is 9.94. The van der Waals surface area contributed by atoms with E-state index in [-0.39, 0.29) is 5.69 Å². The van der Waals surface area contributed by atoms with E-state index in [0.29, 0.717) is 11.1 Å². The van der Waals surface area contributed by atoms with Crippen molar-refractivity contribution in [2.24, 2.45) is 0 Å². The second-order valence-corrected chi connectivity index (χ2v) is 6.46. The highest BCUT2D eigenvalue weighted by atomic mass is 32.2. The number of hydrogen-bond acceptors (Lipinski definition) is 4. The summed E-state index contributed by atoms with van der Waals surface area (Å²) in [5.74, 6) is 0. The molecule has 5 heteroatoms. The fourth-order valence-corrected chi connectivity index (χ4v) is 3.71. The molecule has 0 N–H and O–H groups in total. The lowest BCUT2D eigenvalue weighted by Crippen LogP contribution is -1.97. The minimum Gasteiger partial charge on any atom is -0.258 e. The highest BCUT2D eigenvalue weighted by Gasteiger charge is 2.19. The highest BCUT2D eigenvalue weighted by Crippen LogP contribution is 2.43. The van der Waals surface area contributed by atoms with E-state index < -0.39 is 4.92 Å². The monoisotopic (exact) mass is 376 g/mol. The summed E-state index contributed by atoms with van der Waals surface area (Å²) >= 11 is 1.66. The van der Waals surface area contributed by atoms with E-state index in [1.54, 1.807) is 23.9 Å². The van der Waals surface area contributed by atoms with Gasteiger partial charge in [-0.1, -0.05) is 56.0 Å². The Labute approximate surface area is 163 Å². The number of nitrogens with zero attached hydrogens (tertiary/aromatic N) is 2. The smallest absolute Gasteiger partial charge is 0.258 e. The highest BCUT2D eigenvalue weighted by molar-refractivity contribution is 8.03. The number of nitriles is 1. The van der Waals surface area contributed by atoms with Crippen LogP contribution in [-0.2, 0) is 0 Å². The molecule has 0 fully saturated rings. The predicted octanol–water partition coefficient (Wildman–Crippen LogP) is 6.62. The van der Waals surface area contributed by atoms with Crippen molar-refractivity contribution in [3.8, 4) is 6.07 Å². The molecular weight excluding hydrogens is 356 g/mol. The van der Waals surface area contributed by atoms with Crippen LogP contribution in [0.3, 0.4) is 0 Å². The number of rotatable bonds is 3. The molecule has 1 aliphatic heterocycles. The van der Waals surface area contributed by atoms with Crippen LogP contribution < -0.4 is 0 Å². The molecule has 2 aromatic carbocycles. The molecule has 136 valence electrons. The van der Waals surface area contributed by atoms with Gasteiger partial charge in [-0.05, 0) is 42.3 Å². The SMILES string of the molecule is C/C=C/C1=C/C(=C(/C#N)c2ccc([N+](=O)[O-])cc2)c2ccccc2S1.CC. The van der Waals surface area contributed by atoms with Crippen LogP contribution in [0.2, 0.25) is 0 Å². The number of hydrogen-bond donors (Lipinski definition) is 0. The van der Waals surface area contributed by atoms with Crippen LogP contribution >= 0.6 is 11.8 Å². The third-order valence-corrected chi connectivity index (χ3v) is 4.84. The summed E-state index contributed by atoms with van der Waals surface area (Å²) in [7, 11) is 0. The molecule has 0 unspecified atom stereocenters. The normalized spacial score (nSPS) is 14.4. The van der Waals surface area contributed by atoms with E-state index in [1.807, 2.05) is 63.3 Å². The summed E-state index contributed by atoms with van der Waals surface area (Å²) < 4.78 is 0. The third kappa shape index (κ3) is 4.55. The van der Waals surface area contributed by atoms with Crippen LogP contribution in [0.4, 0.5) is 5.69 Å². The fraction of sp³-hybridized carbons (Fsp3) is 0.136. The molecule has 1 aliphatic rings.